The first-order valence-corrected chi connectivity index (χ1v) is 4.95. The van der Waals surface area contributed by atoms with E-state index in [4.69, 9.17) is 9.84 Å². The molecular formula is C12H15FO3. The van der Waals surface area contributed by atoms with Gasteiger partial charge in [-0.25, -0.2) is 9.18 Å². The van der Waals surface area contributed by atoms with E-state index in [2.05, 4.69) is 0 Å². The van der Waals surface area contributed by atoms with E-state index in [1.807, 2.05) is 20.8 Å². The van der Waals surface area contributed by atoms with Gasteiger partial charge in [0.1, 0.15) is 11.6 Å². The van der Waals surface area contributed by atoms with Gasteiger partial charge in [0.05, 0.1) is 12.2 Å². The second-order valence-corrected chi connectivity index (χ2v) is 4.83. The molecule has 0 heterocycles. The maximum absolute atomic E-state index is 13.1. The molecule has 1 rings (SSSR count). The van der Waals surface area contributed by atoms with Gasteiger partial charge >= 0.3 is 5.97 Å². The van der Waals surface area contributed by atoms with Gasteiger partial charge < -0.3 is 9.84 Å². The average molecular weight is 226 g/mol. The van der Waals surface area contributed by atoms with Gasteiger partial charge in [-0.1, -0.05) is 20.8 Å². The Balaban J connectivity index is 2.85. The van der Waals surface area contributed by atoms with E-state index in [0.717, 1.165) is 6.07 Å². The lowest BCUT2D eigenvalue weighted by Gasteiger charge is -2.18. The topological polar surface area (TPSA) is 46.5 Å². The van der Waals surface area contributed by atoms with Crippen LogP contribution in [0.3, 0.4) is 0 Å². The molecule has 1 aromatic rings. The van der Waals surface area contributed by atoms with Crippen molar-refractivity contribution in [1.29, 1.82) is 0 Å². The maximum Gasteiger partial charge on any atom is 0.335 e. The van der Waals surface area contributed by atoms with Crippen LogP contribution in [0.4, 0.5) is 4.39 Å². The van der Waals surface area contributed by atoms with Gasteiger partial charge in [-0.15, -0.1) is 0 Å². The lowest BCUT2D eigenvalue weighted by Crippen LogP contribution is -2.17. The predicted octanol–water partition coefficient (Wildman–Crippen LogP) is 2.95. The van der Waals surface area contributed by atoms with Gasteiger partial charge in [0.25, 0.3) is 0 Å². The third-order valence-electron chi connectivity index (χ3n) is 1.79. The number of carboxylic acids is 1. The summed E-state index contributed by atoms with van der Waals surface area (Å²) >= 11 is 0. The summed E-state index contributed by atoms with van der Waals surface area (Å²) in [6, 6.07) is 3.46. The van der Waals surface area contributed by atoms with Gasteiger partial charge in [-0.05, 0) is 17.5 Å². The van der Waals surface area contributed by atoms with Crippen molar-refractivity contribution in [3.05, 3.63) is 29.6 Å². The van der Waals surface area contributed by atoms with Crippen molar-refractivity contribution in [1.82, 2.24) is 0 Å². The Bertz CT molecular complexity index is 394. The van der Waals surface area contributed by atoms with Crippen LogP contribution < -0.4 is 4.74 Å². The summed E-state index contributed by atoms with van der Waals surface area (Å²) in [5, 5.41) is 8.74. The molecule has 16 heavy (non-hydrogen) atoms. The number of aromatic carboxylic acids is 1. The number of rotatable bonds is 3. The fourth-order valence-electron chi connectivity index (χ4n) is 1.07. The van der Waals surface area contributed by atoms with Crippen LogP contribution in [0.2, 0.25) is 0 Å². The molecule has 0 aliphatic carbocycles. The predicted molar refractivity (Wildman–Crippen MR) is 58.3 cm³/mol. The molecule has 0 fully saturated rings. The van der Waals surface area contributed by atoms with Gasteiger partial charge in [0.2, 0.25) is 0 Å². The third kappa shape index (κ3) is 3.88. The zero-order chi connectivity index (χ0) is 12.3. The fraction of sp³-hybridized carbons (Fsp3) is 0.417. The van der Waals surface area contributed by atoms with E-state index in [1.54, 1.807) is 0 Å². The quantitative estimate of drug-likeness (QED) is 0.861. The van der Waals surface area contributed by atoms with Crippen molar-refractivity contribution < 1.29 is 19.0 Å². The fourth-order valence-corrected chi connectivity index (χ4v) is 1.07. The van der Waals surface area contributed by atoms with Crippen LogP contribution in [0.25, 0.3) is 0 Å². The zero-order valence-electron chi connectivity index (χ0n) is 9.58. The molecule has 0 unspecified atom stereocenters. The van der Waals surface area contributed by atoms with Crippen molar-refractivity contribution in [2.24, 2.45) is 5.41 Å². The summed E-state index contributed by atoms with van der Waals surface area (Å²) in [5.41, 5.74) is -0.167. The van der Waals surface area contributed by atoms with Crippen LogP contribution in [-0.2, 0) is 0 Å². The SMILES string of the molecule is CC(C)(C)COc1cc(F)cc(C(=O)O)c1. The molecule has 0 saturated carbocycles. The molecule has 88 valence electrons. The van der Waals surface area contributed by atoms with Crippen LogP contribution in [-0.4, -0.2) is 17.7 Å². The molecular weight excluding hydrogens is 211 g/mol. The number of halogens is 1. The highest BCUT2D eigenvalue weighted by atomic mass is 19.1. The van der Waals surface area contributed by atoms with Crippen molar-refractivity contribution in [3.63, 3.8) is 0 Å². The molecule has 3 nitrogen and oxygen atoms in total. The van der Waals surface area contributed by atoms with Gasteiger partial charge in [0, 0.05) is 6.07 Å². The number of hydrogen-bond acceptors (Lipinski definition) is 2. The highest BCUT2D eigenvalue weighted by Gasteiger charge is 2.13. The Hall–Kier alpha value is -1.58. The molecule has 0 atom stereocenters. The molecule has 4 heteroatoms. The Morgan fingerprint density at radius 1 is 1.38 bits per heavy atom. The third-order valence-corrected chi connectivity index (χ3v) is 1.79. The number of carboxylic acid groups (broad SMARTS) is 1. The second-order valence-electron chi connectivity index (χ2n) is 4.83. The molecule has 0 spiro atoms. The first-order chi connectivity index (χ1) is 7.28. The van der Waals surface area contributed by atoms with E-state index >= 15 is 0 Å². The van der Waals surface area contributed by atoms with Crippen LogP contribution in [0.5, 0.6) is 5.75 Å². The minimum absolute atomic E-state index is 0.0598. The smallest absolute Gasteiger partial charge is 0.335 e. The standard InChI is InChI=1S/C12H15FO3/c1-12(2,3)7-16-10-5-8(11(14)15)4-9(13)6-10/h4-6H,7H2,1-3H3,(H,14,15). The summed E-state index contributed by atoms with van der Waals surface area (Å²) in [7, 11) is 0. The molecule has 1 N–H and O–H groups in total. The Labute approximate surface area is 93.9 Å². The Morgan fingerprint density at radius 2 is 2.00 bits per heavy atom. The van der Waals surface area contributed by atoms with Crippen molar-refractivity contribution >= 4 is 5.97 Å². The molecule has 0 aliphatic rings. The van der Waals surface area contributed by atoms with Crippen molar-refractivity contribution in [2.75, 3.05) is 6.61 Å². The monoisotopic (exact) mass is 226 g/mol. The van der Waals surface area contributed by atoms with Crippen molar-refractivity contribution in [2.45, 2.75) is 20.8 Å². The van der Waals surface area contributed by atoms with Crippen LogP contribution in [0.1, 0.15) is 31.1 Å². The Kier molecular flexibility index (Phi) is 3.52. The summed E-state index contributed by atoms with van der Waals surface area (Å²) in [6.07, 6.45) is 0. The molecule has 0 aromatic heterocycles. The second kappa shape index (κ2) is 4.51. The largest absolute Gasteiger partial charge is 0.493 e. The molecule has 0 bridgehead atoms. The minimum atomic E-state index is -1.17. The number of hydrogen-bond donors (Lipinski definition) is 1. The van der Waals surface area contributed by atoms with E-state index in [9.17, 15) is 9.18 Å². The van der Waals surface area contributed by atoms with E-state index in [0.29, 0.717) is 6.61 Å². The Morgan fingerprint density at radius 3 is 2.50 bits per heavy atom. The van der Waals surface area contributed by atoms with E-state index in [-0.39, 0.29) is 16.7 Å². The molecule has 0 amide bonds. The summed E-state index contributed by atoms with van der Waals surface area (Å²) in [5.74, 6) is -1.53. The number of ether oxygens (including phenoxy) is 1. The van der Waals surface area contributed by atoms with Crippen LogP contribution >= 0.6 is 0 Å². The van der Waals surface area contributed by atoms with Crippen molar-refractivity contribution in [3.8, 4) is 5.75 Å². The summed E-state index contributed by atoms with van der Waals surface area (Å²) < 4.78 is 18.4. The highest BCUT2D eigenvalue weighted by molar-refractivity contribution is 5.88. The van der Waals surface area contributed by atoms with Gasteiger partial charge in [0.15, 0.2) is 0 Å². The average Bonchev–Trinajstić information content (AvgIpc) is 2.13. The molecule has 0 aliphatic heterocycles. The normalized spacial score (nSPS) is 11.2. The molecule has 0 radical (unpaired) electrons. The molecule has 0 saturated heterocycles. The zero-order valence-corrected chi connectivity index (χ0v) is 9.58. The van der Waals surface area contributed by atoms with Crippen LogP contribution in [0, 0.1) is 11.2 Å². The van der Waals surface area contributed by atoms with Gasteiger partial charge in [-0.2, -0.15) is 0 Å². The first kappa shape index (κ1) is 12.5. The van der Waals surface area contributed by atoms with E-state index in [1.165, 1.54) is 12.1 Å². The lowest BCUT2D eigenvalue weighted by atomic mass is 9.99. The maximum atomic E-state index is 13.1. The van der Waals surface area contributed by atoms with Gasteiger partial charge in [-0.3, -0.25) is 0 Å². The minimum Gasteiger partial charge on any atom is -0.493 e. The summed E-state index contributed by atoms with van der Waals surface area (Å²) in [6.45, 7) is 6.33. The van der Waals surface area contributed by atoms with E-state index < -0.39 is 11.8 Å². The highest BCUT2D eigenvalue weighted by Crippen LogP contribution is 2.20. The lowest BCUT2D eigenvalue weighted by molar-refractivity contribution is 0.0695. The van der Waals surface area contributed by atoms with Crippen LogP contribution in [0.15, 0.2) is 18.2 Å². The first-order valence-electron chi connectivity index (χ1n) is 4.95. The number of carbonyl (C=O) groups is 1. The number of benzene rings is 1. The molecule has 1 aromatic carbocycles. The summed E-state index contributed by atoms with van der Waals surface area (Å²) in [4.78, 5) is 10.7.